The van der Waals surface area contributed by atoms with E-state index in [1.807, 2.05) is 18.2 Å². The van der Waals surface area contributed by atoms with Crippen molar-refractivity contribution in [2.24, 2.45) is 0 Å². The van der Waals surface area contributed by atoms with Gasteiger partial charge in [-0.2, -0.15) is 0 Å². The van der Waals surface area contributed by atoms with Crippen LogP contribution in [-0.2, 0) is 9.47 Å². The standard InChI is InChI=1S/C13H14ClNO2/c14-12-3-1-2-4-13(12)15(10-5-6-10)7-11-8-16-9-17-11/h1-4,8,10H,5-7,9H2. The van der Waals surface area contributed by atoms with Crippen LogP contribution in [0.5, 0.6) is 0 Å². The summed E-state index contributed by atoms with van der Waals surface area (Å²) in [6.45, 7) is 1.06. The summed E-state index contributed by atoms with van der Waals surface area (Å²) in [4.78, 5) is 2.29. The Kier molecular flexibility index (Phi) is 2.85. The van der Waals surface area contributed by atoms with Crippen molar-refractivity contribution in [2.45, 2.75) is 18.9 Å². The normalized spacial score (nSPS) is 18.3. The van der Waals surface area contributed by atoms with Gasteiger partial charge in [0.15, 0.2) is 5.76 Å². The lowest BCUT2D eigenvalue weighted by Gasteiger charge is -2.25. The van der Waals surface area contributed by atoms with E-state index in [9.17, 15) is 0 Å². The van der Waals surface area contributed by atoms with E-state index in [2.05, 4.69) is 11.0 Å². The number of para-hydroxylation sites is 1. The zero-order valence-electron chi connectivity index (χ0n) is 9.43. The summed E-state index contributed by atoms with van der Waals surface area (Å²) in [6, 6.07) is 8.52. The molecule has 4 heteroatoms. The SMILES string of the molecule is Clc1ccccc1N(CC1=COCO1)C1CC1. The third-order valence-electron chi connectivity index (χ3n) is 3.00. The highest BCUT2D eigenvalue weighted by atomic mass is 35.5. The highest BCUT2D eigenvalue weighted by Crippen LogP contribution is 2.36. The molecule has 1 saturated carbocycles. The van der Waals surface area contributed by atoms with E-state index >= 15 is 0 Å². The molecule has 0 aromatic heterocycles. The van der Waals surface area contributed by atoms with Gasteiger partial charge in [-0.1, -0.05) is 23.7 Å². The Morgan fingerprint density at radius 1 is 1.29 bits per heavy atom. The van der Waals surface area contributed by atoms with Crippen molar-refractivity contribution < 1.29 is 9.47 Å². The molecule has 17 heavy (non-hydrogen) atoms. The van der Waals surface area contributed by atoms with Crippen molar-refractivity contribution in [3.63, 3.8) is 0 Å². The highest BCUT2D eigenvalue weighted by Gasteiger charge is 2.31. The molecule has 1 aliphatic carbocycles. The molecule has 1 heterocycles. The fourth-order valence-corrected chi connectivity index (χ4v) is 2.25. The van der Waals surface area contributed by atoms with E-state index in [4.69, 9.17) is 21.1 Å². The molecule has 0 spiro atoms. The first-order valence-electron chi connectivity index (χ1n) is 5.79. The van der Waals surface area contributed by atoms with Crippen LogP contribution in [0.1, 0.15) is 12.8 Å². The second-order valence-corrected chi connectivity index (χ2v) is 4.73. The van der Waals surface area contributed by atoms with Crippen molar-refractivity contribution >= 4 is 17.3 Å². The minimum Gasteiger partial charge on any atom is -0.462 e. The van der Waals surface area contributed by atoms with Gasteiger partial charge in [0.1, 0.15) is 6.26 Å². The number of rotatable bonds is 4. The third kappa shape index (κ3) is 2.34. The lowest BCUT2D eigenvalue weighted by Crippen LogP contribution is -2.28. The maximum absolute atomic E-state index is 6.24. The Bertz CT molecular complexity index is 443. The third-order valence-corrected chi connectivity index (χ3v) is 3.32. The molecule has 0 unspecified atom stereocenters. The second kappa shape index (κ2) is 4.49. The fraction of sp³-hybridized carbons (Fsp3) is 0.385. The predicted octanol–water partition coefficient (Wildman–Crippen LogP) is 3.15. The van der Waals surface area contributed by atoms with Gasteiger partial charge in [-0.3, -0.25) is 0 Å². The minimum absolute atomic E-state index is 0.330. The average Bonchev–Trinajstić information content (AvgIpc) is 3.05. The maximum Gasteiger partial charge on any atom is 0.229 e. The van der Waals surface area contributed by atoms with Gasteiger partial charge in [-0.15, -0.1) is 0 Å². The first-order chi connectivity index (χ1) is 8.34. The largest absolute Gasteiger partial charge is 0.462 e. The molecule has 2 aliphatic rings. The Morgan fingerprint density at radius 3 is 2.76 bits per heavy atom. The summed E-state index contributed by atoms with van der Waals surface area (Å²) in [5.41, 5.74) is 1.08. The fourth-order valence-electron chi connectivity index (χ4n) is 2.00. The van der Waals surface area contributed by atoms with Gasteiger partial charge in [0.05, 0.1) is 17.3 Å². The monoisotopic (exact) mass is 251 g/mol. The Balaban J connectivity index is 1.82. The molecule has 0 bridgehead atoms. The van der Waals surface area contributed by atoms with Gasteiger partial charge >= 0.3 is 0 Å². The van der Waals surface area contributed by atoms with Crippen LogP contribution in [-0.4, -0.2) is 19.4 Å². The number of halogens is 1. The van der Waals surface area contributed by atoms with Crippen LogP contribution in [0.2, 0.25) is 5.02 Å². The summed E-state index contributed by atoms with van der Waals surface area (Å²) in [7, 11) is 0. The summed E-state index contributed by atoms with van der Waals surface area (Å²) < 4.78 is 10.5. The lowest BCUT2D eigenvalue weighted by molar-refractivity contribution is 0.0797. The van der Waals surface area contributed by atoms with Gasteiger partial charge in [0.2, 0.25) is 6.79 Å². The molecule has 3 nitrogen and oxygen atoms in total. The molecule has 0 amide bonds. The number of benzene rings is 1. The molecular weight excluding hydrogens is 238 g/mol. The molecule has 1 aliphatic heterocycles. The van der Waals surface area contributed by atoms with E-state index in [-0.39, 0.29) is 0 Å². The van der Waals surface area contributed by atoms with Gasteiger partial charge < -0.3 is 14.4 Å². The molecule has 90 valence electrons. The Morgan fingerprint density at radius 2 is 2.12 bits per heavy atom. The topological polar surface area (TPSA) is 21.7 Å². The highest BCUT2D eigenvalue weighted by molar-refractivity contribution is 6.33. The molecule has 1 aromatic rings. The Hall–Kier alpha value is -1.35. The number of hydrogen-bond acceptors (Lipinski definition) is 3. The van der Waals surface area contributed by atoms with E-state index in [1.165, 1.54) is 12.8 Å². The van der Waals surface area contributed by atoms with Crippen LogP contribution in [0.3, 0.4) is 0 Å². The molecule has 1 fully saturated rings. The second-order valence-electron chi connectivity index (χ2n) is 4.32. The zero-order valence-corrected chi connectivity index (χ0v) is 10.2. The van der Waals surface area contributed by atoms with Gasteiger partial charge in [-0.05, 0) is 25.0 Å². The summed E-state index contributed by atoms with van der Waals surface area (Å²) in [5.74, 6) is 0.872. The maximum atomic E-state index is 6.24. The molecule has 0 N–H and O–H groups in total. The van der Waals surface area contributed by atoms with Crippen molar-refractivity contribution in [2.75, 3.05) is 18.2 Å². The molecular formula is C13H14ClNO2. The Labute approximate surface area is 106 Å². The smallest absolute Gasteiger partial charge is 0.229 e. The number of nitrogens with zero attached hydrogens (tertiary/aromatic N) is 1. The van der Waals surface area contributed by atoms with E-state index in [0.717, 1.165) is 23.0 Å². The zero-order chi connectivity index (χ0) is 11.7. The van der Waals surface area contributed by atoms with E-state index in [0.29, 0.717) is 12.8 Å². The van der Waals surface area contributed by atoms with Crippen LogP contribution < -0.4 is 4.90 Å². The lowest BCUT2D eigenvalue weighted by atomic mass is 10.2. The summed E-state index contributed by atoms with van der Waals surface area (Å²) >= 11 is 6.24. The van der Waals surface area contributed by atoms with E-state index < -0.39 is 0 Å². The quantitative estimate of drug-likeness (QED) is 0.821. The minimum atomic E-state index is 0.330. The number of ether oxygens (including phenoxy) is 2. The molecule has 1 aromatic carbocycles. The predicted molar refractivity (Wildman–Crippen MR) is 66.9 cm³/mol. The molecule has 0 atom stereocenters. The van der Waals surface area contributed by atoms with Gasteiger partial charge in [0.25, 0.3) is 0 Å². The first kappa shape index (κ1) is 10.8. The first-order valence-corrected chi connectivity index (χ1v) is 6.17. The van der Waals surface area contributed by atoms with Crippen molar-refractivity contribution in [3.05, 3.63) is 41.3 Å². The van der Waals surface area contributed by atoms with Crippen LogP contribution >= 0.6 is 11.6 Å². The molecule has 0 saturated heterocycles. The number of anilines is 1. The molecule has 0 radical (unpaired) electrons. The van der Waals surface area contributed by atoms with Crippen molar-refractivity contribution in [1.82, 2.24) is 0 Å². The van der Waals surface area contributed by atoms with E-state index in [1.54, 1.807) is 6.26 Å². The summed E-state index contributed by atoms with van der Waals surface area (Å²) in [5, 5.41) is 0.791. The van der Waals surface area contributed by atoms with Gasteiger partial charge in [0, 0.05) is 6.04 Å². The van der Waals surface area contributed by atoms with Crippen LogP contribution in [0.4, 0.5) is 5.69 Å². The van der Waals surface area contributed by atoms with Crippen LogP contribution in [0.15, 0.2) is 36.3 Å². The summed E-state index contributed by atoms with van der Waals surface area (Å²) in [6.07, 6.45) is 4.13. The average molecular weight is 252 g/mol. The van der Waals surface area contributed by atoms with Crippen molar-refractivity contribution in [3.8, 4) is 0 Å². The molecule has 3 rings (SSSR count). The van der Waals surface area contributed by atoms with Crippen LogP contribution in [0, 0.1) is 0 Å². The van der Waals surface area contributed by atoms with Crippen molar-refractivity contribution in [1.29, 1.82) is 0 Å². The van der Waals surface area contributed by atoms with Crippen LogP contribution in [0.25, 0.3) is 0 Å². The number of hydrogen-bond donors (Lipinski definition) is 0. The van der Waals surface area contributed by atoms with Gasteiger partial charge in [-0.25, -0.2) is 0 Å².